The molecule has 0 atom stereocenters. The second kappa shape index (κ2) is 6.78. The van der Waals surface area contributed by atoms with Gasteiger partial charge < -0.3 is 5.32 Å². The van der Waals surface area contributed by atoms with Gasteiger partial charge in [0.2, 0.25) is 10.0 Å². The van der Waals surface area contributed by atoms with Gasteiger partial charge in [-0.15, -0.1) is 0 Å². The molecule has 0 bridgehead atoms. The first kappa shape index (κ1) is 18.5. The Balaban J connectivity index is 1.92. The lowest BCUT2D eigenvalue weighted by Gasteiger charge is -2.09. The van der Waals surface area contributed by atoms with E-state index in [9.17, 15) is 13.2 Å². The van der Waals surface area contributed by atoms with Gasteiger partial charge in [0.15, 0.2) is 5.65 Å². The molecule has 1 amide bonds. The smallest absolute Gasteiger partial charge is 0.256 e. The number of rotatable bonds is 4. The zero-order valence-electron chi connectivity index (χ0n) is 14.0. The van der Waals surface area contributed by atoms with Gasteiger partial charge in [0.05, 0.1) is 28.5 Å². The number of carbonyl (C=O) groups excluding carboxylic acids is 1. The molecule has 10 heteroatoms. The minimum Gasteiger partial charge on any atom is -0.321 e. The first-order valence-electron chi connectivity index (χ1n) is 7.64. The van der Waals surface area contributed by atoms with Crippen LogP contribution < -0.4 is 10.5 Å². The van der Waals surface area contributed by atoms with E-state index in [1.54, 1.807) is 16.9 Å². The number of hydrogen-bond acceptors (Lipinski definition) is 5. The van der Waals surface area contributed by atoms with Gasteiger partial charge in [0.25, 0.3) is 5.91 Å². The van der Waals surface area contributed by atoms with Crippen LogP contribution in [-0.2, 0) is 10.0 Å². The molecule has 0 saturated heterocycles. The van der Waals surface area contributed by atoms with Crippen LogP contribution in [0.25, 0.3) is 11.0 Å². The van der Waals surface area contributed by atoms with Crippen molar-refractivity contribution in [2.75, 3.05) is 5.32 Å². The number of nitrogens with one attached hydrogen (secondary N) is 1. The van der Waals surface area contributed by atoms with E-state index >= 15 is 0 Å². The lowest BCUT2D eigenvalue weighted by atomic mass is 10.2. The van der Waals surface area contributed by atoms with Gasteiger partial charge in [0.1, 0.15) is 0 Å². The molecule has 8 nitrogen and oxygen atoms in total. The molecule has 3 rings (SSSR count). The van der Waals surface area contributed by atoms with Crippen LogP contribution >= 0.6 is 15.9 Å². The van der Waals surface area contributed by atoms with Crippen LogP contribution in [0.15, 0.2) is 46.0 Å². The number of aromatic nitrogens is 3. The van der Waals surface area contributed by atoms with Gasteiger partial charge in [-0.25, -0.2) is 23.2 Å². The van der Waals surface area contributed by atoms with Crippen LogP contribution in [0.5, 0.6) is 0 Å². The molecule has 0 radical (unpaired) electrons. The van der Waals surface area contributed by atoms with Crippen LogP contribution in [-0.4, -0.2) is 29.1 Å². The van der Waals surface area contributed by atoms with Crippen LogP contribution in [0.3, 0.4) is 0 Å². The molecule has 2 heterocycles. The van der Waals surface area contributed by atoms with Crippen molar-refractivity contribution in [3.05, 3.63) is 46.7 Å². The monoisotopic (exact) mass is 437 g/mol. The quantitative estimate of drug-likeness (QED) is 0.649. The van der Waals surface area contributed by atoms with Crippen LogP contribution in [0, 0.1) is 0 Å². The second-order valence-corrected chi connectivity index (χ2v) is 8.38. The topological polar surface area (TPSA) is 120 Å². The molecule has 0 aliphatic heterocycles. The number of carbonyl (C=O) groups is 1. The summed E-state index contributed by atoms with van der Waals surface area (Å²) in [5.41, 5.74) is 1.34. The van der Waals surface area contributed by atoms with E-state index in [1.165, 1.54) is 24.4 Å². The first-order chi connectivity index (χ1) is 12.2. The van der Waals surface area contributed by atoms with Crippen LogP contribution in [0.2, 0.25) is 0 Å². The largest absolute Gasteiger partial charge is 0.321 e. The number of nitrogens with two attached hydrogens (primary N) is 1. The Hall–Kier alpha value is -2.30. The van der Waals surface area contributed by atoms with E-state index < -0.39 is 15.9 Å². The highest BCUT2D eigenvalue weighted by atomic mass is 79.9. The van der Waals surface area contributed by atoms with Crippen molar-refractivity contribution in [3.63, 3.8) is 0 Å². The maximum atomic E-state index is 12.5. The predicted molar refractivity (Wildman–Crippen MR) is 101 cm³/mol. The van der Waals surface area contributed by atoms with Crippen molar-refractivity contribution in [1.82, 2.24) is 14.8 Å². The van der Waals surface area contributed by atoms with Crippen molar-refractivity contribution in [2.45, 2.75) is 24.8 Å². The minimum absolute atomic E-state index is 0.141. The summed E-state index contributed by atoms with van der Waals surface area (Å²) in [6.07, 6.45) is 3.20. The maximum absolute atomic E-state index is 12.5. The predicted octanol–water partition coefficient (Wildman–Crippen LogP) is 2.67. The molecule has 3 N–H and O–H groups in total. The Labute approximate surface area is 158 Å². The number of sulfonamides is 1. The Morgan fingerprint density at radius 1 is 1.27 bits per heavy atom. The maximum Gasteiger partial charge on any atom is 0.256 e. The molecule has 0 saturated carbocycles. The summed E-state index contributed by atoms with van der Waals surface area (Å²) in [6, 6.07) is 5.92. The molecule has 1 aromatic carbocycles. The summed E-state index contributed by atoms with van der Waals surface area (Å²) in [5, 5.41) is 12.9. The van der Waals surface area contributed by atoms with Gasteiger partial charge in [-0.2, -0.15) is 5.10 Å². The summed E-state index contributed by atoms with van der Waals surface area (Å²) in [6.45, 7) is 4.00. The number of anilines is 1. The number of fused-ring (bicyclic) bond motifs is 1. The van der Waals surface area contributed by atoms with E-state index in [1.807, 2.05) is 13.8 Å². The van der Waals surface area contributed by atoms with Crippen molar-refractivity contribution >= 4 is 48.6 Å². The summed E-state index contributed by atoms with van der Waals surface area (Å²) < 4.78 is 25.2. The van der Waals surface area contributed by atoms with Crippen LogP contribution in [0.4, 0.5) is 5.69 Å². The Kier molecular flexibility index (Phi) is 4.82. The van der Waals surface area contributed by atoms with Gasteiger partial charge in [-0.1, -0.05) is 0 Å². The lowest BCUT2D eigenvalue weighted by Crippen LogP contribution is -2.16. The summed E-state index contributed by atoms with van der Waals surface area (Å²) >= 11 is 3.24. The molecule has 0 unspecified atom stereocenters. The number of amides is 1. The number of benzene rings is 1. The summed E-state index contributed by atoms with van der Waals surface area (Å²) in [5.74, 6) is -0.486. The van der Waals surface area contributed by atoms with E-state index in [-0.39, 0.29) is 16.5 Å². The molecule has 0 fully saturated rings. The second-order valence-electron chi connectivity index (χ2n) is 5.96. The fourth-order valence-electron chi connectivity index (χ4n) is 2.44. The number of pyridine rings is 1. The third-order valence-corrected chi connectivity index (χ3v) is 5.29. The first-order valence-corrected chi connectivity index (χ1v) is 9.97. The molecule has 136 valence electrons. The van der Waals surface area contributed by atoms with Crippen molar-refractivity contribution < 1.29 is 13.2 Å². The van der Waals surface area contributed by atoms with E-state index in [2.05, 4.69) is 31.3 Å². The Bertz CT molecular complexity index is 1110. The van der Waals surface area contributed by atoms with Gasteiger partial charge in [-0.3, -0.25) is 4.79 Å². The standard InChI is InChI=1S/C16H16BrN5O3S/c1-9(2)22-15-10(7-20-22)5-11(8-19-15)21-16(23)13-6-12(26(18,24)25)3-4-14(13)17/h3-9H,1-2H3,(H,21,23)(H2,18,24,25). The molecule has 3 aromatic rings. The third kappa shape index (κ3) is 3.62. The molecule has 0 aliphatic rings. The fourth-order valence-corrected chi connectivity index (χ4v) is 3.41. The molecule has 0 aliphatic carbocycles. The van der Waals surface area contributed by atoms with E-state index in [0.29, 0.717) is 10.2 Å². The molecular formula is C16H16BrN5O3S. The highest BCUT2D eigenvalue weighted by molar-refractivity contribution is 9.10. The van der Waals surface area contributed by atoms with Crippen molar-refractivity contribution in [2.24, 2.45) is 5.14 Å². The third-order valence-electron chi connectivity index (χ3n) is 3.69. The number of hydrogen-bond donors (Lipinski definition) is 2. The van der Waals surface area contributed by atoms with E-state index in [4.69, 9.17) is 5.14 Å². The molecule has 2 aromatic heterocycles. The van der Waals surface area contributed by atoms with Crippen molar-refractivity contribution in [3.8, 4) is 0 Å². The molecular weight excluding hydrogens is 422 g/mol. The number of nitrogens with zero attached hydrogens (tertiary/aromatic N) is 3. The molecule has 26 heavy (non-hydrogen) atoms. The van der Waals surface area contributed by atoms with Gasteiger partial charge in [0, 0.05) is 15.9 Å². The SMILES string of the molecule is CC(C)n1ncc2cc(NC(=O)c3cc(S(N)(=O)=O)ccc3Br)cnc21. The normalized spacial score (nSPS) is 11.9. The van der Waals surface area contributed by atoms with Crippen molar-refractivity contribution in [1.29, 1.82) is 0 Å². The van der Waals surface area contributed by atoms with E-state index in [0.717, 1.165) is 11.0 Å². The highest BCUT2D eigenvalue weighted by Crippen LogP contribution is 2.23. The van der Waals surface area contributed by atoms with Crippen LogP contribution in [0.1, 0.15) is 30.2 Å². The lowest BCUT2D eigenvalue weighted by molar-refractivity contribution is 0.102. The minimum atomic E-state index is -3.91. The van der Waals surface area contributed by atoms with Gasteiger partial charge >= 0.3 is 0 Å². The average molecular weight is 438 g/mol. The average Bonchev–Trinajstić information content (AvgIpc) is 2.97. The van der Waals surface area contributed by atoms with Gasteiger partial charge in [-0.05, 0) is 54.0 Å². The fraction of sp³-hybridized carbons (Fsp3) is 0.188. The zero-order valence-corrected chi connectivity index (χ0v) is 16.4. The zero-order chi connectivity index (χ0) is 19.1. The Morgan fingerprint density at radius 2 is 2.00 bits per heavy atom. The number of primary sulfonamides is 1. The summed E-state index contributed by atoms with van der Waals surface area (Å²) in [7, 11) is -3.91. The highest BCUT2D eigenvalue weighted by Gasteiger charge is 2.16. The Morgan fingerprint density at radius 3 is 2.65 bits per heavy atom. The molecule has 0 spiro atoms. The summed E-state index contributed by atoms with van der Waals surface area (Å²) in [4.78, 5) is 16.7. The number of halogens is 1.